The average Bonchev–Trinajstić information content (AvgIpc) is 2.83. The molecule has 4 rings (SSSR count). The molecule has 0 aliphatic carbocycles. The van der Waals surface area contributed by atoms with E-state index in [9.17, 15) is 9.59 Å². The molecular weight excluding hydrogens is 388 g/mol. The van der Waals surface area contributed by atoms with Gasteiger partial charge in [0, 0.05) is 23.6 Å². The molecule has 0 atom stereocenters. The zero-order valence-electron chi connectivity index (χ0n) is 17.2. The number of fused-ring (bicyclic) bond motifs is 1. The van der Waals surface area contributed by atoms with Crippen molar-refractivity contribution in [3.63, 3.8) is 0 Å². The van der Waals surface area contributed by atoms with E-state index in [1.165, 1.54) is 0 Å². The molecule has 0 aliphatic heterocycles. The van der Waals surface area contributed by atoms with Gasteiger partial charge in [-0.05, 0) is 65.7 Å². The summed E-state index contributed by atoms with van der Waals surface area (Å²) >= 11 is 0. The van der Waals surface area contributed by atoms with Crippen LogP contribution >= 0.6 is 0 Å². The Hall–Kier alpha value is -3.99. The number of amides is 1. The number of nitrogens with zero attached hydrogens (tertiary/aromatic N) is 2. The Kier molecular flexibility index (Phi) is 6.03. The van der Waals surface area contributed by atoms with Gasteiger partial charge in [-0.25, -0.2) is 4.79 Å². The number of benzene rings is 3. The number of hydrogen-bond acceptors (Lipinski definition) is 4. The molecule has 5 heteroatoms. The molecule has 0 saturated heterocycles. The monoisotopic (exact) mass is 410 g/mol. The van der Waals surface area contributed by atoms with Crippen LogP contribution in [0.3, 0.4) is 0 Å². The van der Waals surface area contributed by atoms with E-state index in [-0.39, 0.29) is 11.9 Å². The molecule has 3 aromatic carbocycles. The van der Waals surface area contributed by atoms with Crippen LogP contribution in [0, 0.1) is 0 Å². The van der Waals surface area contributed by atoms with E-state index in [0.717, 1.165) is 16.3 Å². The van der Waals surface area contributed by atoms with Crippen LogP contribution in [0.1, 0.15) is 33.2 Å². The standard InChI is InChI=1S/C26H22N2O3/c1-2-31-26(30)21-11-13-24(14-12-21)28(18-19-6-5-15-27-17-19)25(29)23-10-9-20-7-3-4-8-22(20)16-23/h3-17H,2,18H2,1H3. The first kappa shape index (κ1) is 20.3. The van der Waals surface area contributed by atoms with Crippen LogP contribution in [-0.2, 0) is 11.3 Å². The number of anilines is 1. The minimum atomic E-state index is -0.381. The van der Waals surface area contributed by atoms with Crippen LogP contribution in [0.2, 0.25) is 0 Å². The van der Waals surface area contributed by atoms with E-state index in [2.05, 4.69) is 4.98 Å². The van der Waals surface area contributed by atoms with Crippen LogP contribution in [0.4, 0.5) is 5.69 Å². The molecule has 1 amide bonds. The van der Waals surface area contributed by atoms with E-state index in [0.29, 0.717) is 30.0 Å². The van der Waals surface area contributed by atoms with Crippen LogP contribution < -0.4 is 4.90 Å². The van der Waals surface area contributed by atoms with Gasteiger partial charge in [-0.15, -0.1) is 0 Å². The van der Waals surface area contributed by atoms with Gasteiger partial charge in [0.25, 0.3) is 5.91 Å². The van der Waals surface area contributed by atoms with Crippen molar-refractivity contribution in [1.29, 1.82) is 0 Å². The number of carbonyl (C=O) groups excluding carboxylic acids is 2. The lowest BCUT2D eigenvalue weighted by Gasteiger charge is -2.23. The maximum Gasteiger partial charge on any atom is 0.338 e. The van der Waals surface area contributed by atoms with E-state index < -0.39 is 0 Å². The van der Waals surface area contributed by atoms with Crippen molar-refractivity contribution in [3.05, 3.63) is 108 Å². The second-order valence-electron chi connectivity index (χ2n) is 7.08. The highest BCUT2D eigenvalue weighted by Gasteiger charge is 2.19. The van der Waals surface area contributed by atoms with Gasteiger partial charge in [-0.3, -0.25) is 9.78 Å². The van der Waals surface area contributed by atoms with Gasteiger partial charge in [0.2, 0.25) is 0 Å². The zero-order chi connectivity index (χ0) is 21.6. The number of aromatic nitrogens is 1. The molecule has 154 valence electrons. The summed E-state index contributed by atoms with van der Waals surface area (Å²) in [7, 11) is 0. The molecule has 1 heterocycles. The first-order chi connectivity index (χ1) is 15.2. The molecule has 0 N–H and O–H groups in total. The maximum absolute atomic E-state index is 13.5. The number of ether oxygens (including phenoxy) is 1. The average molecular weight is 410 g/mol. The van der Waals surface area contributed by atoms with Crippen LogP contribution in [0.15, 0.2) is 91.3 Å². The molecule has 0 saturated carbocycles. The van der Waals surface area contributed by atoms with Crippen molar-refractivity contribution < 1.29 is 14.3 Å². The summed E-state index contributed by atoms with van der Waals surface area (Å²) in [5, 5.41) is 2.09. The van der Waals surface area contributed by atoms with E-state index >= 15 is 0 Å². The van der Waals surface area contributed by atoms with Crippen LogP contribution in [0.25, 0.3) is 10.8 Å². The minimum absolute atomic E-state index is 0.126. The number of pyridine rings is 1. The van der Waals surface area contributed by atoms with Crippen molar-refractivity contribution in [1.82, 2.24) is 4.98 Å². The highest BCUT2D eigenvalue weighted by atomic mass is 16.5. The van der Waals surface area contributed by atoms with Crippen molar-refractivity contribution >= 4 is 28.3 Å². The summed E-state index contributed by atoms with van der Waals surface area (Å²) < 4.78 is 5.05. The Morgan fingerprint density at radius 2 is 1.61 bits per heavy atom. The molecule has 0 bridgehead atoms. The lowest BCUT2D eigenvalue weighted by Crippen LogP contribution is -2.30. The number of hydrogen-bond donors (Lipinski definition) is 0. The molecule has 31 heavy (non-hydrogen) atoms. The van der Waals surface area contributed by atoms with Crippen LogP contribution in [0.5, 0.6) is 0 Å². The molecule has 1 aromatic heterocycles. The molecule has 0 aliphatic rings. The lowest BCUT2D eigenvalue weighted by atomic mass is 10.1. The van der Waals surface area contributed by atoms with Crippen molar-refractivity contribution in [2.24, 2.45) is 0 Å². The molecule has 0 spiro atoms. The quantitative estimate of drug-likeness (QED) is 0.407. The lowest BCUT2D eigenvalue weighted by molar-refractivity contribution is 0.0526. The predicted molar refractivity (Wildman–Crippen MR) is 121 cm³/mol. The Bertz CT molecular complexity index is 1200. The molecule has 0 fully saturated rings. The fourth-order valence-corrected chi connectivity index (χ4v) is 3.42. The summed E-state index contributed by atoms with van der Waals surface area (Å²) in [6.45, 7) is 2.44. The highest BCUT2D eigenvalue weighted by Crippen LogP contribution is 2.23. The second kappa shape index (κ2) is 9.22. The molecule has 4 aromatic rings. The first-order valence-corrected chi connectivity index (χ1v) is 10.1. The van der Waals surface area contributed by atoms with Gasteiger partial charge in [-0.2, -0.15) is 0 Å². The largest absolute Gasteiger partial charge is 0.462 e. The number of esters is 1. The van der Waals surface area contributed by atoms with Crippen molar-refractivity contribution in [2.45, 2.75) is 13.5 Å². The fraction of sp³-hybridized carbons (Fsp3) is 0.115. The highest BCUT2D eigenvalue weighted by molar-refractivity contribution is 6.08. The minimum Gasteiger partial charge on any atom is -0.462 e. The Balaban J connectivity index is 1.69. The third-order valence-electron chi connectivity index (χ3n) is 5.00. The van der Waals surface area contributed by atoms with E-state index in [4.69, 9.17) is 4.74 Å². The molecule has 0 radical (unpaired) electrons. The zero-order valence-corrected chi connectivity index (χ0v) is 17.2. The topological polar surface area (TPSA) is 59.5 Å². The fourth-order valence-electron chi connectivity index (χ4n) is 3.42. The Labute approximate surface area is 180 Å². The van der Waals surface area contributed by atoms with Gasteiger partial charge in [0.15, 0.2) is 0 Å². The molecule has 0 unspecified atom stereocenters. The maximum atomic E-state index is 13.5. The summed E-state index contributed by atoms with van der Waals surface area (Å²) in [4.78, 5) is 31.4. The van der Waals surface area contributed by atoms with Gasteiger partial charge < -0.3 is 9.64 Å². The second-order valence-corrected chi connectivity index (χ2v) is 7.08. The Morgan fingerprint density at radius 3 is 2.32 bits per heavy atom. The predicted octanol–water partition coefficient (Wildman–Crippen LogP) is 5.26. The summed E-state index contributed by atoms with van der Waals surface area (Å²) in [5.41, 5.74) is 2.64. The van der Waals surface area contributed by atoms with Crippen molar-refractivity contribution in [3.8, 4) is 0 Å². The molecule has 5 nitrogen and oxygen atoms in total. The smallest absolute Gasteiger partial charge is 0.338 e. The van der Waals surface area contributed by atoms with Gasteiger partial charge in [-0.1, -0.05) is 36.4 Å². The third kappa shape index (κ3) is 4.61. The summed E-state index contributed by atoms with van der Waals surface area (Å²) in [6, 6.07) is 24.3. The van der Waals surface area contributed by atoms with Gasteiger partial charge in [0.05, 0.1) is 18.7 Å². The van der Waals surface area contributed by atoms with Gasteiger partial charge in [0.1, 0.15) is 0 Å². The third-order valence-corrected chi connectivity index (χ3v) is 5.00. The van der Waals surface area contributed by atoms with E-state index in [1.54, 1.807) is 48.5 Å². The first-order valence-electron chi connectivity index (χ1n) is 10.1. The SMILES string of the molecule is CCOC(=O)c1ccc(N(Cc2cccnc2)C(=O)c2ccc3ccccc3c2)cc1. The van der Waals surface area contributed by atoms with Crippen LogP contribution in [-0.4, -0.2) is 23.5 Å². The van der Waals surface area contributed by atoms with Crippen molar-refractivity contribution in [2.75, 3.05) is 11.5 Å². The molecular formula is C26H22N2O3. The van der Waals surface area contributed by atoms with E-state index in [1.807, 2.05) is 54.6 Å². The number of carbonyl (C=O) groups is 2. The normalized spacial score (nSPS) is 10.6. The summed E-state index contributed by atoms with van der Waals surface area (Å²) in [5.74, 6) is -0.507. The number of rotatable bonds is 6. The van der Waals surface area contributed by atoms with Gasteiger partial charge >= 0.3 is 5.97 Å². The summed E-state index contributed by atoms with van der Waals surface area (Å²) in [6.07, 6.45) is 3.45. The Morgan fingerprint density at radius 1 is 0.871 bits per heavy atom.